The predicted octanol–water partition coefficient (Wildman–Crippen LogP) is 3.03. The van der Waals surface area contributed by atoms with E-state index < -0.39 is 24.0 Å². The van der Waals surface area contributed by atoms with Crippen molar-refractivity contribution in [2.75, 3.05) is 0 Å². The molecule has 0 aliphatic carbocycles. The Bertz CT molecular complexity index is 873. The summed E-state index contributed by atoms with van der Waals surface area (Å²) in [6.45, 7) is 0. The molecule has 0 spiro atoms. The third kappa shape index (κ3) is 4.78. The summed E-state index contributed by atoms with van der Waals surface area (Å²) in [6, 6.07) is 12.7. The van der Waals surface area contributed by atoms with Gasteiger partial charge in [0, 0.05) is 18.1 Å². The highest BCUT2D eigenvalue weighted by Gasteiger charge is 2.31. The van der Waals surface area contributed by atoms with Crippen LogP contribution in [0.3, 0.4) is 0 Å². The number of carbonyl (C=O) groups is 3. The number of rotatable bonds is 5. The van der Waals surface area contributed by atoms with E-state index in [1.165, 1.54) is 6.07 Å². The monoisotopic (exact) mass is 406 g/mol. The summed E-state index contributed by atoms with van der Waals surface area (Å²) in [5.41, 5.74) is 0.605. The zero-order chi connectivity index (χ0) is 19.4. The number of amides is 3. The molecule has 27 heavy (non-hydrogen) atoms. The quantitative estimate of drug-likeness (QED) is 0.747. The Kier molecular flexibility index (Phi) is 5.98. The zero-order valence-electron chi connectivity index (χ0n) is 14.1. The van der Waals surface area contributed by atoms with Gasteiger partial charge in [-0.3, -0.25) is 19.7 Å². The Hall–Kier alpha value is -2.57. The summed E-state index contributed by atoms with van der Waals surface area (Å²) >= 11 is 11.9. The number of hydrogen-bond acceptors (Lipinski definition) is 4. The lowest BCUT2D eigenvalue weighted by molar-refractivity contribution is -0.139. The van der Waals surface area contributed by atoms with Gasteiger partial charge >= 0.3 is 0 Å². The minimum absolute atomic E-state index is 0.167. The molecule has 8 heteroatoms. The summed E-state index contributed by atoms with van der Waals surface area (Å²) in [5.74, 6) is -1.02. The Balaban J connectivity index is 1.81. The van der Waals surface area contributed by atoms with Gasteiger partial charge in [-0.05, 0) is 18.6 Å². The van der Waals surface area contributed by atoms with Crippen LogP contribution in [-0.2, 0) is 14.4 Å². The molecule has 2 aromatic rings. The smallest absolute Gasteiger partial charge is 0.266 e. The van der Waals surface area contributed by atoms with Crippen LogP contribution in [0.15, 0.2) is 48.5 Å². The zero-order valence-corrected chi connectivity index (χ0v) is 15.6. The average Bonchev–Trinajstić information content (AvgIpc) is 2.65. The van der Waals surface area contributed by atoms with Crippen LogP contribution in [0.2, 0.25) is 10.0 Å². The minimum Gasteiger partial charge on any atom is -0.476 e. The van der Waals surface area contributed by atoms with Crippen LogP contribution in [0.5, 0.6) is 5.75 Å². The minimum atomic E-state index is -1.01. The van der Waals surface area contributed by atoms with Gasteiger partial charge in [0.15, 0.2) is 0 Å². The number of carbonyl (C=O) groups excluding carboxylic acids is 3. The Labute approximate surface area is 165 Å². The van der Waals surface area contributed by atoms with E-state index in [4.69, 9.17) is 27.9 Å². The molecule has 3 amide bonds. The maximum absolute atomic E-state index is 12.8. The van der Waals surface area contributed by atoms with E-state index in [2.05, 4.69) is 10.6 Å². The summed E-state index contributed by atoms with van der Waals surface area (Å²) in [7, 11) is 0. The second-order valence-electron chi connectivity index (χ2n) is 6.00. The fraction of sp³-hybridized carbons (Fsp3) is 0.211. The molecular formula is C19H16Cl2N2O4. The van der Waals surface area contributed by atoms with Crippen LogP contribution < -0.4 is 15.4 Å². The van der Waals surface area contributed by atoms with Crippen molar-refractivity contribution in [3.63, 3.8) is 0 Å². The number of imide groups is 1. The Morgan fingerprint density at radius 3 is 2.52 bits per heavy atom. The van der Waals surface area contributed by atoms with E-state index in [0.29, 0.717) is 21.4 Å². The molecular weight excluding hydrogens is 391 g/mol. The molecule has 0 saturated carbocycles. The summed E-state index contributed by atoms with van der Waals surface area (Å²) in [6.07, 6.45) is -0.598. The van der Waals surface area contributed by atoms with Gasteiger partial charge in [0.2, 0.25) is 17.9 Å². The Morgan fingerprint density at radius 1 is 1.11 bits per heavy atom. The van der Waals surface area contributed by atoms with Gasteiger partial charge in [-0.1, -0.05) is 53.5 Å². The van der Waals surface area contributed by atoms with Crippen molar-refractivity contribution in [3.8, 4) is 5.75 Å². The standard InChI is InChI=1S/C19H16Cl2N2O4/c20-13-7-6-12(10-14(13)21)27-17(11-4-2-1-3-5-11)19(26)22-15-8-9-16(24)23-18(15)25/h1-7,10,15,17H,8-9H2,(H,22,26)(H,23,24,25). The van der Waals surface area contributed by atoms with Gasteiger partial charge in [-0.25, -0.2) is 0 Å². The topological polar surface area (TPSA) is 84.5 Å². The van der Waals surface area contributed by atoms with Crippen LogP contribution in [0, 0.1) is 0 Å². The van der Waals surface area contributed by atoms with Crippen molar-refractivity contribution in [1.82, 2.24) is 10.6 Å². The molecule has 1 aliphatic heterocycles. The van der Waals surface area contributed by atoms with Gasteiger partial charge in [0.05, 0.1) is 10.0 Å². The molecule has 1 fully saturated rings. The molecule has 6 nitrogen and oxygen atoms in total. The highest BCUT2D eigenvalue weighted by Crippen LogP contribution is 2.29. The fourth-order valence-electron chi connectivity index (χ4n) is 2.67. The molecule has 2 N–H and O–H groups in total. The first-order chi connectivity index (χ1) is 12.9. The lowest BCUT2D eigenvalue weighted by Gasteiger charge is -2.25. The normalized spacial score (nSPS) is 17.8. The number of benzene rings is 2. The van der Waals surface area contributed by atoms with E-state index in [9.17, 15) is 14.4 Å². The van der Waals surface area contributed by atoms with E-state index in [0.717, 1.165) is 0 Å². The van der Waals surface area contributed by atoms with Gasteiger partial charge in [-0.2, -0.15) is 0 Å². The van der Waals surface area contributed by atoms with Crippen molar-refractivity contribution in [2.24, 2.45) is 0 Å². The summed E-state index contributed by atoms with van der Waals surface area (Å²) in [4.78, 5) is 36.0. The predicted molar refractivity (Wildman–Crippen MR) is 101 cm³/mol. The van der Waals surface area contributed by atoms with Gasteiger partial charge in [-0.15, -0.1) is 0 Å². The van der Waals surface area contributed by atoms with Gasteiger partial charge in [0.25, 0.3) is 5.91 Å². The second-order valence-corrected chi connectivity index (χ2v) is 6.81. The lowest BCUT2D eigenvalue weighted by atomic mass is 10.0. The van der Waals surface area contributed by atoms with Crippen LogP contribution in [0.4, 0.5) is 0 Å². The van der Waals surface area contributed by atoms with E-state index in [-0.39, 0.29) is 18.7 Å². The molecule has 2 aromatic carbocycles. The van der Waals surface area contributed by atoms with Crippen molar-refractivity contribution in [3.05, 3.63) is 64.1 Å². The van der Waals surface area contributed by atoms with Crippen molar-refractivity contribution < 1.29 is 19.1 Å². The second kappa shape index (κ2) is 8.41. The molecule has 1 heterocycles. The summed E-state index contributed by atoms with van der Waals surface area (Å²) < 4.78 is 5.84. The molecule has 1 aliphatic rings. The van der Waals surface area contributed by atoms with E-state index in [1.54, 1.807) is 36.4 Å². The van der Waals surface area contributed by atoms with Crippen LogP contribution in [0.25, 0.3) is 0 Å². The fourth-order valence-corrected chi connectivity index (χ4v) is 2.95. The lowest BCUT2D eigenvalue weighted by Crippen LogP contribution is -2.53. The van der Waals surface area contributed by atoms with Crippen LogP contribution in [-0.4, -0.2) is 23.8 Å². The molecule has 140 valence electrons. The molecule has 2 atom stereocenters. The Morgan fingerprint density at radius 2 is 1.85 bits per heavy atom. The largest absolute Gasteiger partial charge is 0.476 e. The van der Waals surface area contributed by atoms with Crippen LogP contribution >= 0.6 is 23.2 Å². The van der Waals surface area contributed by atoms with Crippen molar-refractivity contribution in [2.45, 2.75) is 25.0 Å². The number of piperidine rings is 1. The first kappa shape index (κ1) is 19.2. The number of ether oxygens (including phenoxy) is 1. The molecule has 2 unspecified atom stereocenters. The molecule has 3 rings (SSSR count). The van der Waals surface area contributed by atoms with Gasteiger partial charge < -0.3 is 10.1 Å². The number of hydrogen-bond donors (Lipinski definition) is 2. The SMILES string of the molecule is O=C1CCC(NC(=O)C(Oc2ccc(Cl)c(Cl)c2)c2ccccc2)C(=O)N1. The number of nitrogens with one attached hydrogen (secondary N) is 2. The van der Waals surface area contributed by atoms with Crippen LogP contribution in [0.1, 0.15) is 24.5 Å². The third-order valence-corrected chi connectivity index (χ3v) is 4.78. The van der Waals surface area contributed by atoms with Crippen molar-refractivity contribution >= 4 is 40.9 Å². The molecule has 0 bridgehead atoms. The maximum atomic E-state index is 12.8. The molecule has 0 radical (unpaired) electrons. The maximum Gasteiger partial charge on any atom is 0.266 e. The highest BCUT2D eigenvalue weighted by atomic mass is 35.5. The van der Waals surface area contributed by atoms with E-state index >= 15 is 0 Å². The number of halogens is 2. The highest BCUT2D eigenvalue weighted by molar-refractivity contribution is 6.42. The first-order valence-corrected chi connectivity index (χ1v) is 9.00. The van der Waals surface area contributed by atoms with E-state index in [1.807, 2.05) is 6.07 Å². The average molecular weight is 407 g/mol. The molecule has 1 saturated heterocycles. The van der Waals surface area contributed by atoms with Crippen molar-refractivity contribution in [1.29, 1.82) is 0 Å². The van der Waals surface area contributed by atoms with Gasteiger partial charge in [0.1, 0.15) is 11.8 Å². The summed E-state index contributed by atoms with van der Waals surface area (Å²) in [5, 5.41) is 5.52. The first-order valence-electron chi connectivity index (χ1n) is 8.25. The third-order valence-electron chi connectivity index (χ3n) is 4.04. The molecule has 0 aromatic heterocycles.